The summed E-state index contributed by atoms with van der Waals surface area (Å²) in [6.45, 7) is 8.48. The normalized spacial score (nSPS) is 14.0. The highest BCUT2D eigenvalue weighted by Crippen LogP contribution is 2.31. The van der Waals surface area contributed by atoms with Crippen LogP contribution in [0.2, 0.25) is 0 Å². The Labute approximate surface area is 245 Å². The van der Waals surface area contributed by atoms with Gasteiger partial charge in [-0.1, -0.05) is 19.4 Å². The van der Waals surface area contributed by atoms with E-state index in [1.54, 1.807) is 29.4 Å². The fraction of sp³-hybridized carbons (Fsp3) is 0.438. The van der Waals surface area contributed by atoms with Gasteiger partial charge in [0.05, 0.1) is 12.1 Å². The molecule has 1 aliphatic rings. The molecule has 0 saturated carbocycles. The van der Waals surface area contributed by atoms with Gasteiger partial charge in [-0.3, -0.25) is 14.3 Å². The number of thiophene rings is 1. The van der Waals surface area contributed by atoms with Gasteiger partial charge in [-0.15, -0.1) is 11.3 Å². The standard InChI is InChI=1S/C32H40N4O4S/c1-3-4-15-33(2)32(38)40-24-36-29-23-26(12-10-25(29)11-13-31(36)37)39-21-6-5-16-34-17-19-35(20-18-34)28-8-7-9-30-27(28)14-22-41-30/h7-14,22-23H,3-6,15-21,24H2,1-2H3. The van der Waals surface area contributed by atoms with Gasteiger partial charge in [0.1, 0.15) is 5.75 Å². The van der Waals surface area contributed by atoms with Crippen molar-refractivity contribution < 1.29 is 14.3 Å². The molecule has 4 aromatic rings. The lowest BCUT2D eigenvalue weighted by molar-refractivity contribution is 0.0829. The summed E-state index contributed by atoms with van der Waals surface area (Å²) >= 11 is 1.80. The highest BCUT2D eigenvalue weighted by molar-refractivity contribution is 7.17. The summed E-state index contributed by atoms with van der Waals surface area (Å²) in [6, 6.07) is 17.9. The molecule has 0 bridgehead atoms. The van der Waals surface area contributed by atoms with Crippen molar-refractivity contribution in [1.29, 1.82) is 0 Å². The number of anilines is 1. The molecule has 0 spiro atoms. The number of piperazine rings is 1. The van der Waals surface area contributed by atoms with Crippen LogP contribution in [0.1, 0.15) is 32.6 Å². The Bertz CT molecular complexity index is 1510. The van der Waals surface area contributed by atoms with Crippen LogP contribution < -0.4 is 15.2 Å². The van der Waals surface area contributed by atoms with Gasteiger partial charge >= 0.3 is 6.09 Å². The maximum atomic E-state index is 12.6. The smallest absolute Gasteiger partial charge is 0.411 e. The molecule has 8 nitrogen and oxygen atoms in total. The summed E-state index contributed by atoms with van der Waals surface area (Å²) in [5, 5.41) is 4.43. The van der Waals surface area contributed by atoms with E-state index in [1.165, 1.54) is 26.4 Å². The molecule has 1 saturated heterocycles. The zero-order valence-corrected chi connectivity index (χ0v) is 24.9. The number of aromatic nitrogens is 1. The van der Waals surface area contributed by atoms with Crippen LogP contribution in [-0.4, -0.2) is 73.4 Å². The Kier molecular flexibility index (Phi) is 9.80. The number of pyridine rings is 1. The monoisotopic (exact) mass is 576 g/mol. The van der Waals surface area contributed by atoms with Crippen LogP contribution in [0.5, 0.6) is 5.75 Å². The molecule has 2 aromatic carbocycles. The predicted octanol–water partition coefficient (Wildman–Crippen LogP) is 6.02. The van der Waals surface area contributed by atoms with Gasteiger partial charge in [0.25, 0.3) is 5.56 Å². The van der Waals surface area contributed by atoms with Gasteiger partial charge in [-0.05, 0) is 73.0 Å². The van der Waals surface area contributed by atoms with E-state index in [4.69, 9.17) is 9.47 Å². The number of carbonyl (C=O) groups excluding carboxylic acids is 1. The number of nitrogens with zero attached hydrogens (tertiary/aromatic N) is 4. The average Bonchev–Trinajstić information content (AvgIpc) is 3.49. The lowest BCUT2D eigenvalue weighted by Gasteiger charge is -2.36. The minimum atomic E-state index is -0.434. The third kappa shape index (κ3) is 7.21. The van der Waals surface area contributed by atoms with E-state index in [9.17, 15) is 9.59 Å². The van der Waals surface area contributed by atoms with Gasteiger partial charge in [0.2, 0.25) is 0 Å². The van der Waals surface area contributed by atoms with Crippen molar-refractivity contribution in [3.8, 4) is 5.75 Å². The summed E-state index contributed by atoms with van der Waals surface area (Å²) in [4.78, 5) is 31.5. The van der Waals surface area contributed by atoms with Crippen molar-refractivity contribution in [3.63, 3.8) is 0 Å². The third-order valence-electron chi connectivity index (χ3n) is 7.76. The first kappa shape index (κ1) is 29.0. The van der Waals surface area contributed by atoms with Gasteiger partial charge < -0.3 is 19.3 Å². The quantitative estimate of drug-likeness (QED) is 0.192. The van der Waals surface area contributed by atoms with E-state index in [2.05, 4.69) is 46.4 Å². The number of ether oxygens (including phenoxy) is 2. The summed E-state index contributed by atoms with van der Waals surface area (Å²) < 4.78 is 14.3. The molecule has 0 aliphatic carbocycles. The number of hydrogen-bond donors (Lipinski definition) is 0. The van der Waals surface area contributed by atoms with E-state index >= 15 is 0 Å². The molecule has 41 heavy (non-hydrogen) atoms. The Morgan fingerprint density at radius 1 is 1.00 bits per heavy atom. The second-order valence-electron chi connectivity index (χ2n) is 10.6. The molecule has 0 atom stereocenters. The van der Waals surface area contributed by atoms with Crippen molar-refractivity contribution in [1.82, 2.24) is 14.4 Å². The zero-order valence-electron chi connectivity index (χ0n) is 24.1. The van der Waals surface area contributed by atoms with E-state index in [0.29, 0.717) is 24.4 Å². The lowest BCUT2D eigenvalue weighted by Crippen LogP contribution is -2.46. The molecular weight excluding hydrogens is 536 g/mol. The first-order chi connectivity index (χ1) is 20.0. The van der Waals surface area contributed by atoms with Crippen LogP contribution in [0.4, 0.5) is 10.5 Å². The Morgan fingerprint density at radius 3 is 2.66 bits per heavy atom. The van der Waals surface area contributed by atoms with Crippen molar-refractivity contribution in [2.45, 2.75) is 39.3 Å². The fourth-order valence-electron chi connectivity index (χ4n) is 5.30. The van der Waals surface area contributed by atoms with Crippen LogP contribution in [0.25, 0.3) is 21.0 Å². The molecule has 218 valence electrons. The molecule has 1 aliphatic heterocycles. The average molecular weight is 577 g/mol. The van der Waals surface area contributed by atoms with E-state index < -0.39 is 6.09 Å². The number of fused-ring (bicyclic) bond motifs is 2. The summed E-state index contributed by atoms with van der Waals surface area (Å²) in [7, 11) is 1.71. The van der Waals surface area contributed by atoms with Crippen LogP contribution in [0.3, 0.4) is 0 Å². The fourth-order valence-corrected chi connectivity index (χ4v) is 6.11. The molecule has 0 N–H and O–H groups in total. The van der Waals surface area contributed by atoms with Gasteiger partial charge in [0.15, 0.2) is 6.73 Å². The molecule has 9 heteroatoms. The number of carbonyl (C=O) groups is 1. The number of benzene rings is 2. The molecular formula is C32H40N4O4S. The number of amides is 1. The second kappa shape index (κ2) is 13.9. The maximum Gasteiger partial charge on any atom is 0.411 e. The van der Waals surface area contributed by atoms with Crippen molar-refractivity contribution in [3.05, 3.63) is 70.3 Å². The van der Waals surface area contributed by atoms with Gasteiger partial charge in [0, 0.05) is 67.7 Å². The Balaban J connectivity index is 1.08. The zero-order chi connectivity index (χ0) is 28.6. The molecule has 5 rings (SSSR count). The van der Waals surface area contributed by atoms with E-state index in [0.717, 1.165) is 63.8 Å². The predicted molar refractivity (Wildman–Crippen MR) is 167 cm³/mol. The summed E-state index contributed by atoms with van der Waals surface area (Å²) in [5.41, 5.74) is 1.83. The van der Waals surface area contributed by atoms with Crippen molar-refractivity contribution in [2.75, 3.05) is 57.8 Å². The number of rotatable bonds is 12. The van der Waals surface area contributed by atoms with E-state index in [1.807, 2.05) is 18.2 Å². The molecule has 2 aromatic heterocycles. The van der Waals surface area contributed by atoms with Gasteiger partial charge in [-0.2, -0.15) is 0 Å². The molecule has 1 amide bonds. The van der Waals surface area contributed by atoms with Crippen molar-refractivity contribution in [2.24, 2.45) is 0 Å². The number of hydrogen-bond acceptors (Lipinski definition) is 7. The second-order valence-corrected chi connectivity index (χ2v) is 11.6. The topological polar surface area (TPSA) is 67.2 Å². The van der Waals surface area contributed by atoms with Crippen LogP contribution in [0, 0.1) is 0 Å². The number of unbranched alkanes of at least 4 members (excludes halogenated alkanes) is 2. The van der Waals surface area contributed by atoms with Gasteiger partial charge in [-0.25, -0.2) is 4.79 Å². The largest absolute Gasteiger partial charge is 0.494 e. The SMILES string of the molecule is CCCCN(C)C(=O)OCn1c(=O)ccc2ccc(OCCCCN3CCN(c4cccc5sccc45)CC3)cc21. The minimum Gasteiger partial charge on any atom is -0.494 e. The summed E-state index contributed by atoms with van der Waals surface area (Å²) in [6.07, 6.45) is 3.49. The highest BCUT2D eigenvalue weighted by Gasteiger charge is 2.18. The molecule has 3 heterocycles. The Hall–Kier alpha value is -3.56. The van der Waals surface area contributed by atoms with Crippen LogP contribution in [-0.2, 0) is 11.5 Å². The Morgan fingerprint density at radius 2 is 1.83 bits per heavy atom. The molecule has 1 fully saturated rings. The van der Waals surface area contributed by atoms with E-state index in [-0.39, 0.29) is 12.3 Å². The molecule has 0 radical (unpaired) electrons. The maximum absolute atomic E-state index is 12.6. The van der Waals surface area contributed by atoms with Crippen LogP contribution >= 0.6 is 11.3 Å². The van der Waals surface area contributed by atoms with Crippen LogP contribution in [0.15, 0.2) is 64.8 Å². The lowest BCUT2D eigenvalue weighted by atomic mass is 10.2. The van der Waals surface area contributed by atoms with Crippen molar-refractivity contribution >= 4 is 44.1 Å². The third-order valence-corrected chi connectivity index (χ3v) is 8.65. The first-order valence-electron chi connectivity index (χ1n) is 14.6. The first-order valence-corrected chi connectivity index (χ1v) is 15.5. The molecule has 0 unspecified atom stereocenters. The highest BCUT2D eigenvalue weighted by atomic mass is 32.1. The minimum absolute atomic E-state index is 0.134. The summed E-state index contributed by atoms with van der Waals surface area (Å²) in [5.74, 6) is 0.708.